The first-order chi connectivity index (χ1) is 6.29. The van der Waals surface area contributed by atoms with Gasteiger partial charge in [-0.25, -0.2) is 0 Å². The summed E-state index contributed by atoms with van der Waals surface area (Å²) in [5.74, 6) is 1.74. The second kappa shape index (κ2) is 5.74. The van der Waals surface area contributed by atoms with Crippen molar-refractivity contribution in [3.63, 3.8) is 0 Å². The minimum atomic E-state index is 0.861. The van der Waals surface area contributed by atoms with Crippen LogP contribution in [0.1, 0.15) is 46.5 Å². The fraction of sp³-hybridized carbons (Fsp3) is 0.833. The molecule has 0 fully saturated rings. The van der Waals surface area contributed by atoms with E-state index in [9.17, 15) is 0 Å². The predicted octanol–water partition coefficient (Wildman–Crippen LogP) is 4.47. The van der Waals surface area contributed by atoms with Gasteiger partial charge in [0.05, 0.1) is 0 Å². The second-order valence-electron chi connectivity index (χ2n) is 4.12. The van der Waals surface area contributed by atoms with Crippen LogP contribution in [0, 0.1) is 11.8 Å². The number of unbranched alkanes of at least 4 members (excludes halogenated alkanes) is 1. The van der Waals surface area contributed by atoms with Crippen LogP contribution in [0.3, 0.4) is 0 Å². The molecule has 0 aromatic carbocycles. The molecule has 76 valence electrons. The maximum Gasteiger partial charge on any atom is 0.0177 e. The van der Waals surface area contributed by atoms with Crippen LogP contribution < -0.4 is 0 Å². The van der Waals surface area contributed by atoms with Crippen molar-refractivity contribution >= 4 is 11.8 Å². The van der Waals surface area contributed by atoms with Gasteiger partial charge in [0.1, 0.15) is 0 Å². The zero-order valence-corrected chi connectivity index (χ0v) is 9.94. The van der Waals surface area contributed by atoms with Crippen molar-refractivity contribution in [1.82, 2.24) is 0 Å². The van der Waals surface area contributed by atoms with Crippen LogP contribution in [0.4, 0.5) is 0 Å². The Kier molecular flexibility index (Phi) is 4.93. The molecule has 1 heteroatoms. The van der Waals surface area contributed by atoms with E-state index in [0.29, 0.717) is 0 Å². The Labute approximate surface area is 87.2 Å². The third kappa shape index (κ3) is 3.05. The van der Waals surface area contributed by atoms with E-state index < -0.39 is 0 Å². The van der Waals surface area contributed by atoms with E-state index in [4.69, 9.17) is 0 Å². The summed E-state index contributed by atoms with van der Waals surface area (Å²) >= 11 is 2.05. The minimum Gasteiger partial charge on any atom is -0.130 e. The number of thioether (sulfide) groups is 1. The van der Waals surface area contributed by atoms with Crippen LogP contribution >= 0.6 is 11.8 Å². The standard InChI is InChI=1S/C12H22S/c1-4-6-7-11-8-9-13-12(11)10(3)5-2/h8-12H,4-7H2,1-3H3. The van der Waals surface area contributed by atoms with Crippen molar-refractivity contribution in [2.75, 3.05) is 0 Å². The number of rotatable bonds is 5. The summed E-state index contributed by atoms with van der Waals surface area (Å²) in [5.41, 5.74) is 0. The predicted molar refractivity (Wildman–Crippen MR) is 63.0 cm³/mol. The smallest absolute Gasteiger partial charge is 0.0177 e. The molecule has 0 radical (unpaired) electrons. The Morgan fingerprint density at radius 3 is 2.77 bits per heavy atom. The van der Waals surface area contributed by atoms with Gasteiger partial charge in [-0.1, -0.05) is 46.1 Å². The Hall–Kier alpha value is 0.0900. The first-order valence-corrected chi connectivity index (χ1v) is 6.56. The van der Waals surface area contributed by atoms with E-state index >= 15 is 0 Å². The van der Waals surface area contributed by atoms with Crippen molar-refractivity contribution in [3.8, 4) is 0 Å². The van der Waals surface area contributed by atoms with E-state index in [1.165, 1.54) is 25.7 Å². The third-order valence-corrected chi connectivity index (χ3v) is 4.52. The van der Waals surface area contributed by atoms with Crippen LogP contribution in [0.15, 0.2) is 11.5 Å². The Bertz CT molecular complexity index is 163. The lowest BCUT2D eigenvalue weighted by atomic mass is 9.90. The Morgan fingerprint density at radius 2 is 2.15 bits per heavy atom. The molecule has 0 amide bonds. The summed E-state index contributed by atoms with van der Waals surface area (Å²) in [4.78, 5) is 0. The monoisotopic (exact) mass is 198 g/mol. The van der Waals surface area contributed by atoms with Gasteiger partial charge in [0.2, 0.25) is 0 Å². The summed E-state index contributed by atoms with van der Waals surface area (Å²) in [7, 11) is 0. The maximum atomic E-state index is 2.43. The number of hydrogen-bond donors (Lipinski definition) is 0. The maximum absolute atomic E-state index is 2.43. The molecule has 0 bridgehead atoms. The van der Waals surface area contributed by atoms with Crippen LogP contribution in [-0.4, -0.2) is 5.25 Å². The van der Waals surface area contributed by atoms with Gasteiger partial charge in [0.25, 0.3) is 0 Å². The highest BCUT2D eigenvalue weighted by molar-refractivity contribution is 8.03. The molecule has 3 atom stereocenters. The van der Waals surface area contributed by atoms with Gasteiger partial charge in [0.15, 0.2) is 0 Å². The highest BCUT2D eigenvalue weighted by Crippen LogP contribution is 2.38. The highest BCUT2D eigenvalue weighted by Gasteiger charge is 2.26. The van der Waals surface area contributed by atoms with Crippen molar-refractivity contribution in [2.24, 2.45) is 11.8 Å². The van der Waals surface area contributed by atoms with Crippen LogP contribution in [0.2, 0.25) is 0 Å². The molecule has 1 heterocycles. The summed E-state index contributed by atoms with van der Waals surface area (Å²) < 4.78 is 0. The highest BCUT2D eigenvalue weighted by atomic mass is 32.2. The molecule has 0 saturated heterocycles. The van der Waals surface area contributed by atoms with E-state index in [2.05, 4.69) is 44.0 Å². The molecule has 3 unspecified atom stereocenters. The molecule has 0 saturated carbocycles. The number of hydrogen-bond acceptors (Lipinski definition) is 1. The first-order valence-electron chi connectivity index (χ1n) is 5.61. The normalized spacial score (nSPS) is 29.5. The molecule has 1 aliphatic rings. The van der Waals surface area contributed by atoms with Gasteiger partial charge < -0.3 is 0 Å². The van der Waals surface area contributed by atoms with E-state index in [1.54, 1.807) is 0 Å². The summed E-state index contributed by atoms with van der Waals surface area (Å²) in [5, 5.41) is 3.19. The lowest BCUT2D eigenvalue weighted by molar-refractivity contribution is 0.429. The molecule has 0 spiro atoms. The lowest BCUT2D eigenvalue weighted by Crippen LogP contribution is -2.19. The molecule has 0 aromatic heterocycles. The zero-order chi connectivity index (χ0) is 9.68. The van der Waals surface area contributed by atoms with Crippen LogP contribution in [0.25, 0.3) is 0 Å². The van der Waals surface area contributed by atoms with Crippen LogP contribution in [-0.2, 0) is 0 Å². The van der Waals surface area contributed by atoms with Gasteiger partial charge in [-0.15, -0.1) is 11.8 Å². The Balaban J connectivity index is 2.38. The fourth-order valence-electron chi connectivity index (χ4n) is 1.94. The summed E-state index contributed by atoms with van der Waals surface area (Å²) in [6, 6.07) is 0. The molecule has 0 nitrogen and oxygen atoms in total. The largest absolute Gasteiger partial charge is 0.130 e. The molecule has 0 aromatic rings. The van der Waals surface area contributed by atoms with E-state index in [0.717, 1.165) is 17.1 Å². The quantitative estimate of drug-likeness (QED) is 0.628. The van der Waals surface area contributed by atoms with Gasteiger partial charge in [-0.3, -0.25) is 0 Å². The van der Waals surface area contributed by atoms with Gasteiger partial charge in [0, 0.05) is 5.25 Å². The summed E-state index contributed by atoms with van der Waals surface area (Å²) in [6.45, 7) is 6.98. The zero-order valence-electron chi connectivity index (χ0n) is 9.12. The van der Waals surface area contributed by atoms with Gasteiger partial charge in [-0.2, -0.15) is 0 Å². The molecule has 0 aliphatic carbocycles. The lowest BCUT2D eigenvalue weighted by Gasteiger charge is -2.23. The average Bonchev–Trinajstić information content (AvgIpc) is 2.61. The SMILES string of the molecule is CCCCC1C=CSC1C(C)CC. The molecule has 1 rings (SSSR count). The van der Waals surface area contributed by atoms with Crippen LogP contribution in [0.5, 0.6) is 0 Å². The van der Waals surface area contributed by atoms with Crippen molar-refractivity contribution in [2.45, 2.75) is 51.7 Å². The molecular formula is C12H22S. The molecule has 13 heavy (non-hydrogen) atoms. The van der Waals surface area contributed by atoms with Crippen molar-refractivity contribution in [1.29, 1.82) is 0 Å². The van der Waals surface area contributed by atoms with E-state index in [1.807, 2.05) is 0 Å². The van der Waals surface area contributed by atoms with Crippen molar-refractivity contribution in [3.05, 3.63) is 11.5 Å². The minimum absolute atomic E-state index is 0.861. The second-order valence-corrected chi connectivity index (χ2v) is 5.21. The third-order valence-electron chi connectivity index (χ3n) is 3.08. The van der Waals surface area contributed by atoms with Gasteiger partial charge in [-0.05, 0) is 23.7 Å². The summed E-state index contributed by atoms with van der Waals surface area (Å²) in [6.07, 6.45) is 7.87. The molecular weight excluding hydrogens is 176 g/mol. The average molecular weight is 198 g/mol. The molecule has 1 aliphatic heterocycles. The fourth-order valence-corrected chi connectivity index (χ4v) is 3.30. The first kappa shape index (κ1) is 11.2. The topological polar surface area (TPSA) is 0 Å². The Morgan fingerprint density at radius 1 is 1.38 bits per heavy atom. The van der Waals surface area contributed by atoms with Crippen molar-refractivity contribution < 1.29 is 0 Å². The molecule has 0 N–H and O–H groups in total. The van der Waals surface area contributed by atoms with Gasteiger partial charge >= 0.3 is 0 Å². The van der Waals surface area contributed by atoms with E-state index in [-0.39, 0.29) is 0 Å². The number of allylic oxidation sites excluding steroid dienone is 1.